The van der Waals surface area contributed by atoms with Gasteiger partial charge in [0.25, 0.3) is 0 Å². The number of hydrogen-bond acceptors (Lipinski definition) is 0. The zero-order chi connectivity index (χ0) is 17.3. The maximum atomic E-state index is 13.0. The van der Waals surface area contributed by atoms with E-state index < -0.39 is 11.7 Å². The van der Waals surface area contributed by atoms with E-state index >= 15 is 0 Å². The Bertz CT molecular complexity index is 880. The van der Waals surface area contributed by atoms with Gasteiger partial charge in [0.1, 0.15) is 7.05 Å². The Labute approximate surface area is 166 Å². The summed E-state index contributed by atoms with van der Waals surface area (Å²) >= 11 is 6.52. The van der Waals surface area contributed by atoms with Gasteiger partial charge in [-0.3, -0.25) is 0 Å². The second-order valence-corrected chi connectivity index (χ2v) is 5.89. The summed E-state index contributed by atoms with van der Waals surface area (Å²) in [5, 5.41) is 0.429. The van der Waals surface area contributed by atoms with Gasteiger partial charge in [-0.15, -0.1) is 0 Å². The van der Waals surface area contributed by atoms with Gasteiger partial charge in [-0.05, 0) is 23.3 Å². The Hall–Kier alpha value is -1.60. The highest BCUT2D eigenvalue weighted by Gasteiger charge is 2.31. The van der Waals surface area contributed by atoms with Crippen LogP contribution < -0.4 is 28.5 Å². The molecule has 0 atom stereocenters. The Morgan fingerprint density at radius 2 is 1.40 bits per heavy atom. The number of benzene rings is 2. The molecule has 130 valence electrons. The predicted molar refractivity (Wildman–Crippen MR) is 88.5 cm³/mol. The van der Waals surface area contributed by atoms with Gasteiger partial charge in [0.05, 0.1) is 21.7 Å². The second kappa shape index (κ2) is 7.74. The fraction of sp³-hybridized carbons (Fsp3) is 0.105. The highest BCUT2D eigenvalue weighted by molar-refractivity contribution is 6.35. The van der Waals surface area contributed by atoms with Crippen LogP contribution in [0.2, 0.25) is 5.02 Å². The van der Waals surface area contributed by atoms with Gasteiger partial charge in [0.15, 0.2) is 12.4 Å². The molecule has 0 N–H and O–H groups in total. The molecule has 3 aromatic rings. The highest BCUT2D eigenvalue weighted by atomic mass is 127. The van der Waals surface area contributed by atoms with Crippen LogP contribution in [0.3, 0.4) is 0 Å². The average Bonchev–Trinajstić information content (AvgIpc) is 2.57. The van der Waals surface area contributed by atoms with E-state index in [-0.39, 0.29) is 24.0 Å². The quantitative estimate of drug-likeness (QED) is 0.396. The molecule has 1 nitrogen and oxygen atoms in total. The van der Waals surface area contributed by atoms with Crippen LogP contribution in [0.15, 0.2) is 67.0 Å². The number of nitrogens with zero attached hydrogens (tertiary/aromatic N) is 1. The van der Waals surface area contributed by atoms with Crippen molar-refractivity contribution < 1.29 is 41.7 Å². The van der Waals surface area contributed by atoms with Crippen molar-refractivity contribution in [3.63, 3.8) is 0 Å². The molecule has 0 bridgehead atoms. The zero-order valence-corrected chi connectivity index (χ0v) is 16.1. The monoisotopic (exact) mass is 475 g/mol. The molecule has 1 heterocycles. The third-order valence-corrected chi connectivity index (χ3v) is 4.13. The minimum Gasteiger partial charge on any atom is -1.00 e. The summed E-state index contributed by atoms with van der Waals surface area (Å²) in [6.07, 6.45) is -0.805. The van der Waals surface area contributed by atoms with E-state index in [1.807, 2.05) is 43.6 Å². The van der Waals surface area contributed by atoms with Crippen molar-refractivity contribution in [3.8, 4) is 22.3 Å². The molecule has 3 rings (SSSR count). The van der Waals surface area contributed by atoms with Crippen LogP contribution in [0.4, 0.5) is 13.2 Å². The summed E-state index contributed by atoms with van der Waals surface area (Å²) in [6.45, 7) is 0. The molecule has 0 spiro atoms. The molecule has 0 aliphatic carbocycles. The molecule has 2 aromatic carbocycles. The number of hydrogen-bond donors (Lipinski definition) is 0. The second-order valence-electron chi connectivity index (χ2n) is 5.51. The van der Waals surface area contributed by atoms with Crippen molar-refractivity contribution in [2.24, 2.45) is 7.05 Å². The normalized spacial score (nSPS) is 11.1. The summed E-state index contributed by atoms with van der Waals surface area (Å²) in [5.74, 6) is 0. The van der Waals surface area contributed by atoms with Gasteiger partial charge in [-0.1, -0.05) is 54.1 Å². The van der Waals surface area contributed by atoms with E-state index in [1.54, 1.807) is 16.8 Å². The first-order valence-corrected chi connectivity index (χ1v) is 7.66. The van der Waals surface area contributed by atoms with E-state index in [0.29, 0.717) is 16.1 Å². The first-order chi connectivity index (χ1) is 11.4. The molecule has 1 aromatic heterocycles. The Balaban J connectivity index is 0.00000225. The van der Waals surface area contributed by atoms with Crippen molar-refractivity contribution in [1.82, 2.24) is 0 Å². The topological polar surface area (TPSA) is 3.88 Å². The lowest BCUT2D eigenvalue weighted by Gasteiger charge is -2.11. The molecule has 0 saturated heterocycles. The smallest absolute Gasteiger partial charge is 0.416 e. The predicted octanol–water partition coefficient (Wildman–Crippen LogP) is 2.52. The minimum absolute atomic E-state index is 0. The first kappa shape index (κ1) is 19.7. The van der Waals surface area contributed by atoms with Crippen LogP contribution >= 0.6 is 11.6 Å². The Morgan fingerprint density at radius 3 is 2.00 bits per heavy atom. The minimum atomic E-state index is -4.39. The number of rotatable bonds is 2. The third-order valence-electron chi connectivity index (χ3n) is 3.72. The fourth-order valence-electron chi connectivity index (χ4n) is 2.59. The van der Waals surface area contributed by atoms with Crippen LogP contribution in [0.25, 0.3) is 22.3 Å². The Kier molecular flexibility index (Phi) is 6.11. The van der Waals surface area contributed by atoms with Gasteiger partial charge >= 0.3 is 6.18 Å². The van der Waals surface area contributed by atoms with E-state index in [2.05, 4.69) is 0 Å². The van der Waals surface area contributed by atoms with Crippen LogP contribution in [0.5, 0.6) is 0 Å². The van der Waals surface area contributed by atoms with E-state index in [0.717, 1.165) is 23.3 Å². The molecule has 0 aliphatic rings. The Morgan fingerprint density at radius 1 is 0.840 bits per heavy atom. The van der Waals surface area contributed by atoms with E-state index in [4.69, 9.17) is 11.6 Å². The van der Waals surface area contributed by atoms with Crippen LogP contribution in [0, 0.1) is 0 Å². The summed E-state index contributed by atoms with van der Waals surface area (Å²) in [4.78, 5) is 0. The molecule has 6 heteroatoms. The number of aromatic nitrogens is 1. The molecule has 25 heavy (non-hydrogen) atoms. The summed E-state index contributed by atoms with van der Waals surface area (Å²) in [5.41, 5.74) is 1.99. The van der Waals surface area contributed by atoms with Crippen molar-refractivity contribution in [3.05, 3.63) is 77.6 Å². The van der Waals surface area contributed by atoms with Crippen LogP contribution in [-0.2, 0) is 13.2 Å². The molecule has 0 radical (unpaired) electrons. The number of halogens is 5. The zero-order valence-electron chi connectivity index (χ0n) is 13.2. The van der Waals surface area contributed by atoms with Gasteiger partial charge < -0.3 is 24.0 Å². The lowest BCUT2D eigenvalue weighted by atomic mass is 10.00. The summed E-state index contributed by atoms with van der Waals surface area (Å²) < 4.78 is 40.7. The standard InChI is InChI=1S/C19H14ClF3N.HI/c1-24-11-16(13-6-3-2-4-7-13)18(20)17(12-24)14-8-5-9-15(10-14)19(21,22)23;/h2-12H,1H3;1H/q+1;/p-1. The van der Waals surface area contributed by atoms with Crippen molar-refractivity contribution >= 4 is 11.6 Å². The number of pyridine rings is 1. The molecule has 0 amide bonds. The number of alkyl halides is 3. The van der Waals surface area contributed by atoms with Gasteiger partial charge in [0.2, 0.25) is 0 Å². The van der Waals surface area contributed by atoms with Crippen LogP contribution in [-0.4, -0.2) is 0 Å². The third kappa shape index (κ3) is 4.33. The van der Waals surface area contributed by atoms with Gasteiger partial charge in [-0.2, -0.15) is 13.2 Å². The van der Waals surface area contributed by atoms with Gasteiger partial charge in [0, 0.05) is 0 Å². The first-order valence-electron chi connectivity index (χ1n) is 7.28. The molecule has 0 fully saturated rings. The number of aryl methyl sites for hydroxylation is 1. The SMILES string of the molecule is C[n+]1cc(-c2ccccc2)c(Cl)c(-c2cccc(C(F)(F)F)c2)c1.[I-]. The van der Waals surface area contributed by atoms with Gasteiger partial charge in [-0.25, -0.2) is 4.57 Å². The molecule has 0 saturated carbocycles. The molecular formula is C19H14ClF3IN. The van der Waals surface area contributed by atoms with Crippen LogP contribution in [0.1, 0.15) is 5.56 Å². The van der Waals surface area contributed by atoms with Crippen molar-refractivity contribution in [2.75, 3.05) is 0 Å². The largest absolute Gasteiger partial charge is 1.00 e. The summed E-state index contributed by atoms with van der Waals surface area (Å²) in [7, 11) is 1.82. The molecular weight excluding hydrogens is 462 g/mol. The lowest BCUT2D eigenvalue weighted by molar-refractivity contribution is -0.670. The average molecular weight is 476 g/mol. The molecule has 0 unspecified atom stereocenters. The summed E-state index contributed by atoms with van der Waals surface area (Å²) in [6, 6.07) is 14.7. The van der Waals surface area contributed by atoms with Crippen molar-refractivity contribution in [2.45, 2.75) is 6.18 Å². The lowest BCUT2D eigenvalue weighted by Crippen LogP contribution is -3.00. The fourth-order valence-corrected chi connectivity index (χ4v) is 2.90. The maximum absolute atomic E-state index is 13.0. The van der Waals surface area contributed by atoms with E-state index in [9.17, 15) is 13.2 Å². The van der Waals surface area contributed by atoms with E-state index in [1.165, 1.54) is 6.07 Å². The van der Waals surface area contributed by atoms with Crippen molar-refractivity contribution in [1.29, 1.82) is 0 Å². The molecule has 0 aliphatic heterocycles. The maximum Gasteiger partial charge on any atom is 0.416 e. The highest BCUT2D eigenvalue weighted by Crippen LogP contribution is 2.37.